The molecule has 1 heteroatoms. The van der Waals surface area contributed by atoms with Gasteiger partial charge >= 0.3 is 0 Å². The van der Waals surface area contributed by atoms with E-state index >= 15 is 0 Å². The van der Waals surface area contributed by atoms with Crippen molar-refractivity contribution in [3.8, 4) is 17.6 Å². The number of rotatable bonds is 6. The van der Waals surface area contributed by atoms with Crippen LogP contribution in [0.5, 0.6) is 5.75 Å². The first-order chi connectivity index (χ1) is 13.2. The molecule has 0 heterocycles. The van der Waals surface area contributed by atoms with Crippen LogP contribution in [0.2, 0.25) is 0 Å². The Labute approximate surface area is 167 Å². The molecule has 0 aromatic heterocycles. The van der Waals surface area contributed by atoms with Crippen molar-refractivity contribution < 1.29 is 4.74 Å². The van der Waals surface area contributed by atoms with Crippen LogP contribution in [0.4, 0.5) is 0 Å². The first kappa shape index (κ1) is 20.3. The van der Waals surface area contributed by atoms with Crippen molar-refractivity contribution in [3.05, 3.63) is 29.8 Å². The van der Waals surface area contributed by atoms with E-state index in [0.29, 0.717) is 5.92 Å². The topological polar surface area (TPSA) is 9.23 Å². The Kier molecular flexibility index (Phi) is 8.12. The van der Waals surface area contributed by atoms with Gasteiger partial charge in [0.15, 0.2) is 0 Å². The highest BCUT2D eigenvalue weighted by atomic mass is 16.5. The molecule has 27 heavy (non-hydrogen) atoms. The average Bonchev–Trinajstić information content (AvgIpc) is 2.72. The largest absolute Gasteiger partial charge is 0.494 e. The smallest absolute Gasteiger partial charge is 0.119 e. The third-order valence-electron chi connectivity index (χ3n) is 6.79. The predicted molar refractivity (Wildman–Crippen MR) is 115 cm³/mol. The Morgan fingerprint density at radius 1 is 0.852 bits per heavy atom. The standard InChI is InChI=1S/C26H38O/c1-3-4-5-20-27-26-18-12-23(13-19-26)9-8-22-10-16-25(17-11-22)24-14-6-21(2)7-15-24/h12-13,18-19,21-22,24-25H,3-7,10-11,14-17,20H2,1-2H3. The van der Waals surface area contributed by atoms with Gasteiger partial charge in [0.1, 0.15) is 5.75 Å². The normalized spacial score (nSPS) is 28.2. The van der Waals surface area contributed by atoms with E-state index in [4.69, 9.17) is 4.74 Å². The highest BCUT2D eigenvalue weighted by molar-refractivity contribution is 5.38. The summed E-state index contributed by atoms with van der Waals surface area (Å²) in [6.45, 7) is 5.46. The fourth-order valence-corrected chi connectivity index (χ4v) is 4.85. The minimum absolute atomic E-state index is 0.605. The van der Waals surface area contributed by atoms with Gasteiger partial charge in [-0.3, -0.25) is 0 Å². The van der Waals surface area contributed by atoms with Crippen molar-refractivity contribution in [1.82, 2.24) is 0 Å². The molecule has 0 atom stereocenters. The zero-order valence-electron chi connectivity index (χ0n) is 17.5. The summed E-state index contributed by atoms with van der Waals surface area (Å²) in [5.74, 6) is 11.5. The van der Waals surface area contributed by atoms with E-state index < -0.39 is 0 Å². The van der Waals surface area contributed by atoms with Crippen LogP contribution < -0.4 is 4.74 Å². The maximum Gasteiger partial charge on any atom is 0.119 e. The fourth-order valence-electron chi connectivity index (χ4n) is 4.85. The van der Waals surface area contributed by atoms with Crippen LogP contribution in [0.1, 0.15) is 90.0 Å². The number of hydrogen-bond acceptors (Lipinski definition) is 1. The molecule has 0 unspecified atom stereocenters. The highest BCUT2D eigenvalue weighted by Gasteiger charge is 2.29. The molecule has 2 aliphatic rings. The van der Waals surface area contributed by atoms with E-state index in [1.54, 1.807) is 0 Å². The summed E-state index contributed by atoms with van der Waals surface area (Å²) in [5.41, 5.74) is 1.12. The molecule has 0 saturated heterocycles. The van der Waals surface area contributed by atoms with Gasteiger partial charge in [-0.25, -0.2) is 0 Å². The van der Waals surface area contributed by atoms with Gasteiger partial charge in [-0.2, -0.15) is 0 Å². The van der Waals surface area contributed by atoms with E-state index in [2.05, 4.69) is 50.0 Å². The van der Waals surface area contributed by atoms with Crippen LogP contribution in [0.25, 0.3) is 0 Å². The lowest BCUT2D eigenvalue weighted by atomic mass is 9.69. The first-order valence-electron chi connectivity index (χ1n) is 11.5. The molecule has 148 valence electrons. The zero-order chi connectivity index (χ0) is 18.9. The molecular weight excluding hydrogens is 328 g/mol. The molecule has 2 fully saturated rings. The lowest BCUT2D eigenvalue weighted by molar-refractivity contribution is 0.162. The molecule has 2 saturated carbocycles. The van der Waals surface area contributed by atoms with E-state index in [-0.39, 0.29) is 0 Å². The van der Waals surface area contributed by atoms with Crippen LogP contribution >= 0.6 is 0 Å². The maximum atomic E-state index is 5.79. The van der Waals surface area contributed by atoms with E-state index in [9.17, 15) is 0 Å². The third kappa shape index (κ3) is 6.60. The van der Waals surface area contributed by atoms with Crippen molar-refractivity contribution in [1.29, 1.82) is 0 Å². The second-order valence-corrected chi connectivity index (χ2v) is 8.98. The van der Waals surface area contributed by atoms with Crippen molar-refractivity contribution >= 4 is 0 Å². The van der Waals surface area contributed by atoms with Gasteiger partial charge in [0.25, 0.3) is 0 Å². The molecule has 3 rings (SSSR count). The Hall–Kier alpha value is -1.42. The number of ether oxygens (including phenoxy) is 1. The average molecular weight is 367 g/mol. The van der Waals surface area contributed by atoms with Crippen molar-refractivity contribution in [2.45, 2.75) is 84.5 Å². The van der Waals surface area contributed by atoms with Crippen molar-refractivity contribution in [2.75, 3.05) is 6.61 Å². The summed E-state index contributed by atoms with van der Waals surface area (Å²) >= 11 is 0. The quantitative estimate of drug-likeness (QED) is 0.381. The summed E-state index contributed by atoms with van der Waals surface area (Å²) in [4.78, 5) is 0. The lowest BCUT2D eigenvalue weighted by Gasteiger charge is -2.36. The van der Waals surface area contributed by atoms with E-state index in [1.165, 1.54) is 64.2 Å². The SMILES string of the molecule is CCCCCOc1ccc(C#CC2CCC(C3CCC(C)CC3)CC2)cc1. The molecule has 2 aliphatic carbocycles. The summed E-state index contributed by atoms with van der Waals surface area (Å²) in [5, 5.41) is 0. The van der Waals surface area contributed by atoms with Gasteiger partial charge in [-0.1, -0.05) is 51.4 Å². The van der Waals surface area contributed by atoms with Crippen LogP contribution in [-0.2, 0) is 0 Å². The minimum Gasteiger partial charge on any atom is -0.494 e. The second kappa shape index (κ2) is 10.8. The summed E-state index contributed by atoms with van der Waals surface area (Å²) in [6.07, 6.45) is 14.9. The Morgan fingerprint density at radius 2 is 1.48 bits per heavy atom. The third-order valence-corrected chi connectivity index (χ3v) is 6.79. The van der Waals surface area contributed by atoms with Gasteiger partial charge < -0.3 is 4.74 Å². The van der Waals surface area contributed by atoms with E-state index in [1.807, 2.05) is 0 Å². The molecule has 0 spiro atoms. The zero-order valence-corrected chi connectivity index (χ0v) is 17.5. The van der Waals surface area contributed by atoms with Crippen LogP contribution in [0.3, 0.4) is 0 Å². The first-order valence-corrected chi connectivity index (χ1v) is 11.5. The number of unbranched alkanes of at least 4 members (excludes halogenated alkanes) is 2. The monoisotopic (exact) mass is 366 g/mol. The molecular formula is C26H38O. The van der Waals surface area contributed by atoms with Gasteiger partial charge in [0, 0.05) is 11.5 Å². The summed E-state index contributed by atoms with van der Waals surface area (Å²) < 4.78 is 5.79. The molecule has 0 N–H and O–H groups in total. The summed E-state index contributed by atoms with van der Waals surface area (Å²) in [6, 6.07) is 8.35. The van der Waals surface area contributed by atoms with Crippen molar-refractivity contribution in [2.24, 2.45) is 23.7 Å². The van der Waals surface area contributed by atoms with Crippen molar-refractivity contribution in [3.63, 3.8) is 0 Å². The molecule has 0 radical (unpaired) electrons. The van der Waals surface area contributed by atoms with Gasteiger partial charge in [0.2, 0.25) is 0 Å². The molecule has 1 nitrogen and oxygen atoms in total. The summed E-state index contributed by atoms with van der Waals surface area (Å²) in [7, 11) is 0. The molecule has 0 aliphatic heterocycles. The van der Waals surface area contributed by atoms with Gasteiger partial charge in [0.05, 0.1) is 6.61 Å². The maximum absolute atomic E-state index is 5.79. The van der Waals surface area contributed by atoms with Crippen LogP contribution in [-0.4, -0.2) is 6.61 Å². The highest BCUT2D eigenvalue weighted by Crippen LogP contribution is 2.41. The second-order valence-electron chi connectivity index (χ2n) is 8.98. The van der Waals surface area contributed by atoms with E-state index in [0.717, 1.165) is 42.1 Å². The Bertz CT molecular complexity index is 589. The molecule has 0 bridgehead atoms. The fraction of sp³-hybridized carbons (Fsp3) is 0.692. The Balaban J connectivity index is 1.41. The van der Waals surface area contributed by atoms with Crippen LogP contribution in [0.15, 0.2) is 24.3 Å². The number of benzene rings is 1. The van der Waals surface area contributed by atoms with Gasteiger partial charge in [-0.15, -0.1) is 0 Å². The van der Waals surface area contributed by atoms with Gasteiger partial charge in [-0.05, 0) is 87.0 Å². The predicted octanol–water partition coefficient (Wildman–Crippen LogP) is 7.24. The Morgan fingerprint density at radius 3 is 2.11 bits per heavy atom. The van der Waals surface area contributed by atoms with Crippen LogP contribution in [0, 0.1) is 35.5 Å². The molecule has 1 aromatic rings. The molecule has 1 aromatic carbocycles. The number of hydrogen-bond donors (Lipinski definition) is 0. The lowest BCUT2D eigenvalue weighted by Crippen LogP contribution is -2.24. The molecule has 0 amide bonds. The minimum atomic E-state index is 0.605.